The van der Waals surface area contributed by atoms with Crippen LogP contribution in [0.4, 0.5) is 5.13 Å². The van der Waals surface area contributed by atoms with Crippen molar-refractivity contribution in [3.05, 3.63) is 40.1 Å². The van der Waals surface area contributed by atoms with E-state index in [4.69, 9.17) is 11.6 Å². The Labute approximate surface area is 97.2 Å². The molecule has 0 amide bonds. The van der Waals surface area contributed by atoms with Gasteiger partial charge in [0.05, 0.1) is 12.2 Å². The number of rotatable bonds is 3. The summed E-state index contributed by atoms with van der Waals surface area (Å²) in [5.41, 5.74) is 2.21. The summed E-state index contributed by atoms with van der Waals surface area (Å²) in [5, 5.41) is 6.32. The van der Waals surface area contributed by atoms with Crippen molar-refractivity contribution in [2.45, 2.75) is 13.5 Å². The molecule has 0 aliphatic heterocycles. The number of thiazole rings is 1. The van der Waals surface area contributed by atoms with E-state index in [1.165, 1.54) is 16.9 Å². The Kier molecular flexibility index (Phi) is 3.18. The lowest BCUT2D eigenvalue weighted by Crippen LogP contribution is -2.01. The largest absolute Gasteiger partial charge is 0.356 e. The van der Waals surface area contributed by atoms with E-state index in [-0.39, 0.29) is 0 Å². The Morgan fingerprint density at radius 1 is 1.53 bits per heavy atom. The van der Waals surface area contributed by atoms with E-state index in [0.29, 0.717) is 11.7 Å². The number of hydrogen-bond acceptors (Lipinski definition) is 4. The van der Waals surface area contributed by atoms with Gasteiger partial charge in [-0.15, -0.1) is 11.3 Å². The minimum Gasteiger partial charge on any atom is -0.356 e. The molecule has 2 aromatic heterocycles. The molecule has 0 aromatic carbocycles. The van der Waals surface area contributed by atoms with Gasteiger partial charge in [-0.05, 0) is 24.6 Å². The lowest BCUT2D eigenvalue weighted by molar-refractivity contribution is 1.03. The van der Waals surface area contributed by atoms with Gasteiger partial charge in [0, 0.05) is 11.6 Å². The van der Waals surface area contributed by atoms with Crippen LogP contribution >= 0.6 is 22.9 Å². The molecule has 0 saturated heterocycles. The van der Waals surface area contributed by atoms with Crippen molar-refractivity contribution in [2.75, 3.05) is 5.32 Å². The molecular formula is C10H10ClN3S. The van der Waals surface area contributed by atoms with Crippen LogP contribution in [0, 0.1) is 6.92 Å². The Hall–Kier alpha value is -1.13. The maximum Gasteiger partial charge on any atom is 0.184 e. The summed E-state index contributed by atoms with van der Waals surface area (Å²) in [6.07, 6.45) is 1.81. The number of aryl methyl sites for hydroxylation is 1. The van der Waals surface area contributed by atoms with Gasteiger partial charge in [0.2, 0.25) is 0 Å². The van der Waals surface area contributed by atoms with Gasteiger partial charge >= 0.3 is 0 Å². The van der Waals surface area contributed by atoms with Crippen LogP contribution in [0.2, 0.25) is 5.15 Å². The lowest BCUT2D eigenvalue weighted by Gasteiger charge is -2.02. The zero-order valence-electron chi connectivity index (χ0n) is 8.20. The first-order valence-electron chi connectivity index (χ1n) is 4.50. The summed E-state index contributed by atoms with van der Waals surface area (Å²) in [6, 6.07) is 4.02. The van der Waals surface area contributed by atoms with Crippen molar-refractivity contribution < 1.29 is 0 Å². The predicted molar refractivity (Wildman–Crippen MR) is 63.4 cm³/mol. The molecule has 3 nitrogen and oxygen atoms in total. The lowest BCUT2D eigenvalue weighted by atomic mass is 10.2. The minimum atomic E-state index is 0.528. The highest BCUT2D eigenvalue weighted by molar-refractivity contribution is 7.14. The van der Waals surface area contributed by atoms with Crippen LogP contribution < -0.4 is 5.32 Å². The molecule has 2 heterocycles. The molecule has 0 saturated carbocycles. The summed E-state index contributed by atoms with van der Waals surface area (Å²) in [7, 11) is 0. The highest BCUT2D eigenvalue weighted by atomic mass is 35.5. The van der Waals surface area contributed by atoms with Crippen molar-refractivity contribution in [1.29, 1.82) is 0 Å². The first-order chi connectivity index (χ1) is 7.24. The average molecular weight is 240 g/mol. The van der Waals surface area contributed by atoms with E-state index < -0.39 is 0 Å². The fourth-order valence-corrected chi connectivity index (χ4v) is 2.03. The molecule has 0 bridgehead atoms. The second-order valence-electron chi connectivity index (χ2n) is 3.15. The van der Waals surface area contributed by atoms with Crippen molar-refractivity contribution in [2.24, 2.45) is 0 Å². The molecule has 0 unspecified atom stereocenters. The van der Waals surface area contributed by atoms with Gasteiger partial charge in [-0.3, -0.25) is 4.98 Å². The molecule has 0 spiro atoms. The zero-order valence-corrected chi connectivity index (χ0v) is 9.77. The van der Waals surface area contributed by atoms with Crippen LogP contribution in [-0.4, -0.2) is 9.97 Å². The first kappa shape index (κ1) is 10.4. The number of aromatic nitrogens is 2. The molecule has 0 aliphatic carbocycles. The van der Waals surface area contributed by atoms with Crippen molar-refractivity contribution >= 4 is 28.1 Å². The zero-order chi connectivity index (χ0) is 10.7. The number of hydrogen-bond donors (Lipinski definition) is 1. The standard InChI is InChI=1S/C10H10ClN3S/c1-7-2-3-12-8(4-7)5-13-10-14-9(11)6-15-10/h2-4,6H,5H2,1H3,(H,13,14). The molecular weight excluding hydrogens is 230 g/mol. The molecule has 5 heteroatoms. The Balaban J connectivity index is 1.99. The van der Waals surface area contributed by atoms with Crippen molar-refractivity contribution in [1.82, 2.24) is 9.97 Å². The number of pyridine rings is 1. The smallest absolute Gasteiger partial charge is 0.184 e. The van der Waals surface area contributed by atoms with Crippen molar-refractivity contribution in [3.8, 4) is 0 Å². The molecule has 0 atom stereocenters. The molecule has 2 aromatic rings. The second kappa shape index (κ2) is 4.59. The van der Waals surface area contributed by atoms with E-state index in [1.807, 2.05) is 19.1 Å². The van der Waals surface area contributed by atoms with Crippen LogP contribution in [0.5, 0.6) is 0 Å². The normalized spacial score (nSPS) is 10.3. The van der Waals surface area contributed by atoms with E-state index in [1.54, 1.807) is 11.6 Å². The van der Waals surface area contributed by atoms with Crippen LogP contribution in [0.25, 0.3) is 0 Å². The van der Waals surface area contributed by atoms with Gasteiger partial charge in [-0.25, -0.2) is 4.98 Å². The SMILES string of the molecule is Cc1ccnc(CNc2nc(Cl)cs2)c1. The van der Waals surface area contributed by atoms with E-state index in [0.717, 1.165) is 10.8 Å². The van der Waals surface area contributed by atoms with E-state index in [9.17, 15) is 0 Å². The molecule has 0 aliphatic rings. The van der Waals surface area contributed by atoms with Gasteiger partial charge in [0.25, 0.3) is 0 Å². The summed E-state index contributed by atoms with van der Waals surface area (Å²) in [6.45, 7) is 2.72. The maximum absolute atomic E-state index is 5.71. The summed E-state index contributed by atoms with van der Waals surface area (Å²) in [5.74, 6) is 0. The highest BCUT2D eigenvalue weighted by Crippen LogP contribution is 2.19. The van der Waals surface area contributed by atoms with Gasteiger partial charge in [0.15, 0.2) is 5.13 Å². The van der Waals surface area contributed by atoms with Crippen LogP contribution in [0.3, 0.4) is 0 Å². The third-order valence-electron chi connectivity index (χ3n) is 1.87. The molecule has 1 N–H and O–H groups in total. The molecule has 78 valence electrons. The molecule has 15 heavy (non-hydrogen) atoms. The fourth-order valence-electron chi connectivity index (χ4n) is 1.20. The maximum atomic E-state index is 5.71. The summed E-state index contributed by atoms with van der Waals surface area (Å²) >= 11 is 7.20. The average Bonchev–Trinajstić information content (AvgIpc) is 2.62. The first-order valence-corrected chi connectivity index (χ1v) is 5.76. The minimum absolute atomic E-state index is 0.528. The Bertz CT molecular complexity index is 455. The van der Waals surface area contributed by atoms with E-state index in [2.05, 4.69) is 15.3 Å². The predicted octanol–water partition coefficient (Wildman–Crippen LogP) is 3.11. The van der Waals surface area contributed by atoms with Gasteiger partial charge in [0.1, 0.15) is 5.15 Å². The van der Waals surface area contributed by atoms with Crippen LogP contribution in [-0.2, 0) is 6.54 Å². The number of halogens is 1. The van der Waals surface area contributed by atoms with Crippen LogP contribution in [0.1, 0.15) is 11.3 Å². The number of anilines is 1. The van der Waals surface area contributed by atoms with Gasteiger partial charge in [-0.1, -0.05) is 11.6 Å². The third-order valence-corrected chi connectivity index (χ3v) is 2.99. The summed E-state index contributed by atoms with van der Waals surface area (Å²) < 4.78 is 0. The quantitative estimate of drug-likeness (QED) is 0.895. The number of nitrogens with zero attached hydrogens (tertiary/aromatic N) is 2. The Morgan fingerprint density at radius 2 is 2.40 bits per heavy atom. The van der Waals surface area contributed by atoms with Gasteiger partial charge in [-0.2, -0.15) is 0 Å². The molecule has 0 radical (unpaired) electrons. The van der Waals surface area contributed by atoms with Crippen LogP contribution in [0.15, 0.2) is 23.7 Å². The van der Waals surface area contributed by atoms with E-state index >= 15 is 0 Å². The van der Waals surface area contributed by atoms with Crippen molar-refractivity contribution in [3.63, 3.8) is 0 Å². The second-order valence-corrected chi connectivity index (χ2v) is 4.40. The number of nitrogens with one attached hydrogen (secondary N) is 1. The topological polar surface area (TPSA) is 37.8 Å². The Morgan fingerprint density at radius 3 is 3.07 bits per heavy atom. The molecule has 0 fully saturated rings. The fraction of sp³-hybridized carbons (Fsp3) is 0.200. The monoisotopic (exact) mass is 239 g/mol. The molecule has 2 rings (SSSR count). The third kappa shape index (κ3) is 2.91. The van der Waals surface area contributed by atoms with Gasteiger partial charge < -0.3 is 5.32 Å². The highest BCUT2D eigenvalue weighted by Gasteiger charge is 1.99. The summed E-state index contributed by atoms with van der Waals surface area (Å²) in [4.78, 5) is 8.34.